The average Bonchev–Trinajstić information content (AvgIpc) is 3.22. The van der Waals surface area contributed by atoms with Crippen molar-refractivity contribution < 1.29 is 38.7 Å². The number of nitrogen functional groups attached to an aromatic ring is 1. The Kier molecular flexibility index (Phi) is 6.30. The van der Waals surface area contributed by atoms with Crippen LogP contribution in [0.25, 0.3) is 5.52 Å². The summed E-state index contributed by atoms with van der Waals surface area (Å²) in [5, 5.41) is 25.4. The third-order valence-electron chi connectivity index (χ3n) is 5.25. The summed E-state index contributed by atoms with van der Waals surface area (Å²) in [6, 6.07) is 3.31. The van der Waals surface area contributed by atoms with E-state index in [0.29, 0.717) is 11.2 Å². The Bertz CT molecular complexity index is 1050. The number of carbonyl (C=O) groups excluding carboxylic acids is 2. The fourth-order valence-corrected chi connectivity index (χ4v) is 3.49. The van der Waals surface area contributed by atoms with E-state index < -0.39 is 53.8 Å². The highest BCUT2D eigenvalue weighted by atomic mass is 16.7. The predicted octanol–water partition coefficient (Wildman–Crippen LogP) is 0.921. The number of hydrogen-bond acceptors (Lipinski definition) is 11. The second-order valence-electron chi connectivity index (χ2n) is 9.53. The van der Waals surface area contributed by atoms with Gasteiger partial charge in [0.15, 0.2) is 5.82 Å². The van der Waals surface area contributed by atoms with Gasteiger partial charge in [-0.1, -0.05) is 0 Å². The molecule has 0 aromatic carbocycles. The fraction of sp³-hybridized carbons (Fsp3) is 0.619. The van der Waals surface area contributed by atoms with Crippen LogP contribution in [0.2, 0.25) is 0 Å². The summed E-state index contributed by atoms with van der Waals surface area (Å²) >= 11 is 0. The highest BCUT2D eigenvalue weighted by Gasteiger charge is 2.54. The number of aromatic nitrogens is 3. The van der Waals surface area contributed by atoms with Crippen molar-refractivity contribution >= 4 is 23.5 Å². The SMILES string of the molecule is CC(C)(C)OC(=O)C(C)(C)OC(=O)OCC1O[C@@](C)(c2ccc3c(N)ncnn23)[C@H](O)[C@@H]1O. The van der Waals surface area contributed by atoms with Gasteiger partial charge in [-0.3, -0.25) is 0 Å². The molecule has 0 spiro atoms. The van der Waals surface area contributed by atoms with Crippen molar-refractivity contribution in [2.24, 2.45) is 0 Å². The molecular formula is C21H30N4O8. The van der Waals surface area contributed by atoms with Crippen LogP contribution in [0, 0.1) is 0 Å². The predicted molar refractivity (Wildman–Crippen MR) is 114 cm³/mol. The normalized spacial score (nSPS) is 25.8. The Morgan fingerprint density at radius 3 is 2.52 bits per heavy atom. The molecule has 2 aromatic rings. The molecule has 12 heteroatoms. The molecule has 1 aliphatic heterocycles. The molecule has 1 saturated heterocycles. The molecule has 1 unspecified atom stereocenters. The zero-order valence-electron chi connectivity index (χ0n) is 19.4. The van der Waals surface area contributed by atoms with Gasteiger partial charge in [-0.15, -0.1) is 0 Å². The van der Waals surface area contributed by atoms with Gasteiger partial charge < -0.3 is 34.9 Å². The minimum Gasteiger partial charge on any atom is -0.457 e. The van der Waals surface area contributed by atoms with Gasteiger partial charge in [0.2, 0.25) is 5.60 Å². The molecule has 2 aromatic heterocycles. The number of hydrogen-bond donors (Lipinski definition) is 3. The van der Waals surface area contributed by atoms with Crippen molar-refractivity contribution in [1.82, 2.24) is 14.6 Å². The second-order valence-corrected chi connectivity index (χ2v) is 9.53. The van der Waals surface area contributed by atoms with Gasteiger partial charge in [-0.2, -0.15) is 5.10 Å². The Balaban J connectivity index is 1.67. The van der Waals surface area contributed by atoms with Crippen molar-refractivity contribution in [3.63, 3.8) is 0 Å². The van der Waals surface area contributed by atoms with Crippen molar-refractivity contribution in [2.75, 3.05) is 12.3 Å². The van der Waals surface area contributed by atoms with Crippen LogP contribution >= 0.6 is 0 Å². The molecule has 33 heavy (non-hydrogen) atoms. The van der Waals surface area contributed by atoms with Crippen molar-refractivity contribution in [3.8, 4) is 0 Å². The number of ether oxygens (including phenoxy) is 4. The first kappa shape index (κ1) is 24.7. The topological polar surface area (TPSA) is 168 Å². The quantitative estimate of drug-likeness (QED) is 0.536. The summed E-state index contributed by atoms with van der Waals surface area (Å²) in [6.07, 6.45) is -3.72. The molecule has 0 bridgehead atoms. The molecule has 12 nitrogen and oxygen atoms in total. The lowest BCUT2D eigenvalue weighted by molar-refractivity contribution is -0.176. The third-order valence-corrected chi connectivity index (χ3v) is 5.25. The first-order valence-corrected chi connectivity index (χ1v) is 10.4. The van der Waals surface area contributed by atoms with Gasteiger partial charge in [0.1, 0.15) is 48.0 Å². The van der Waals surface area contributed by atoms with Crippen LogP contribution < -0.4 is 5.73 Å². The van der Waals surface area contributed by atoms with E-state index in [-0.39, 0.29) is 5.82 Å². The number of esters is 1. The summed E-state index contributed by atoms with van der Waals surface area (Å²) in [6.45, 7) is 8.95. The minimum absolute atomic E-state index is 0.239. The van der Waals surface area contributed by atoms with E-state index in [1.807, 2.05) is 0 Å². The lowest BCUT2D eigenvalue weighted by atomic mass is 9.93. The Hall–Kier alpha value is -2.96. The van der Waals surface area contributed by atoms with E-state index >= 15 is 0 Å². The molecule has 182 valence electrons. The van der Waals surface area contributed by atoms with Crippen LogP contribution in [0.4, 0.5) is 10.6 Å². The van der Waals surface area contributed by atoms with Crippen LogP contribution in [0.1, 0.15) is 47.2 Å². The molecule has 0 aliphatic carbocycles. The summed E-state index contributed by atoms with van der Waals surface area (Å²) in [5.74, 6) is -0.503. The zero-order chi connectivity index (χ0) is 24.8. The smallest absolute Gasteiger partial charge is 0.457 e. The van der Waals surface area contributed by atoms with Gasteiger partial charge in [0.05, 0.1) is 5.69 Å². The molecule has 3 heterocycles. The maximum absolute atomic E-state index is 12.2. The molecule has 1 fully saturated rings. The van der Waals surface area contributed by atoms with Crippen molar-refractivity contribution in [2.45, 2.75) is 76.7 Å². The maximum atomic E-state index is 12.2. The van der Waals surface area contributed by atoms with Crippen LogP contribution in [0.5, 0.6) is 0 Å². The summed E-state index contributed by atoms with van der Waals surface area (Å²) in [4.78, 5) is 28.4. The summed E-state index contributed by atoms with van der Waals surface area (Å²) < 4.78 is 22.8. The number of fused-ring (bicyclic) bond motifs is 1. The third kappa shape index (κ3) is 4.87. The molecule has 0 saturated carbocycles. The lowest BCUT2D eigenvalue weighted by Crippen LogP contribution is -2.43. The molecule has 4 atom stereocenters. The number of aliphatic hydroxyl groups excluding tert-OH is 2. The number of aliphatic hydroxyl groups is 2. The van der Waals surface area contributed by atoms with Gasteiger partial charge in [-0.25, -0.2) is 19.1 Å². The monoisotopic (exact) mass is 466 g/mol. The van der Waals surface area contributed by atoms with E-state index in [2.05, 4.69) is 10.1 Å². The summed E-state index contributed by atoms with van der Waals surface area (Å²) in [5.41, 5.74) is 3.04. The maximum Gasteiger partial charge on any atom is 0.509 e. The number of anilines is 1. The van der Waals surface area contributed by atoms with E-state index in [1.54, 1.807) is 39.8 Å². The molecule has 0 amide bonds. The standard InChI is InChI=1S/C21H30N4O8/c1-19(2,3)32-17(28)20(4,5)33-18(29)30-9-12-14(26)15(27)21(6,31-12)13-8-7-11-16(22)23-10-24-25(11)13/h7-8,10,12,14-15,26-27H,9H2,1-6H3,(H2,22,23,24)/t12?,14-,15-,21+/m1/s1. The van der Waals surface area contributed by atoms with Crippen LogP contribution in [-0.2, 0) is 29.3 Å². The van der Waals surface area contributed by atoms with Crippen molar-refractivity contribution in [3.05, 3.63) is 24.2 Å². The zero-order valence-corrected chi connectivity index (χ0v) is 19.4. The molecule has 0 radical (unpaired) electrons. The highest BCUT2D eigenvalue weighted by molar-refractivity contribution is 5.81. The number of nitrogens with two attached hydrogens (primary N) is 1. The Morgan fingerprint density at radius 2 is 1.88 bits per heavy atom. The van der Waals surface area contributed by atoms with E-state index in [4.69, 9.17) is 24.7 Å². The Labute approximate surface area is 190 Å². The molecule has 1 aliphatic rings. The largest absolute Gasteiger partial charge is 0.509 e. The first-order chi connectivity index (χ1) is 15.2. The second kappa shape index (κ2) is 8.43. The minimum atomic E-state index is -1.60. The van der Waals surface area contributed by atoms with E-state index in [1.165, 1.54) is 24.7 Å². The number of carbonyl (C=O) groups is 2. The first-order valence-electron chi connectivity index (χ1n) is 10.4. The van der Waals surface area contributed by atoms with Crippen LogP contribution in [0.3, 0.4) is 0 Å². The summed E-state index contributed by atoms with van der Waals surface area (Å²) in [7, 11) is 0. The number of rotatable bonds is 5. The van der Waals surface area contributed by atoms with Gasteiger partial charge >= 0.3 is 12.1 Å². The van der Waals surface area contributed by atoms with Crippen LogP contribution in [0.15, 0.2) is 18.5 Å². The fourth-order valence-electron chi connectivity index (χ4n) is 3.49. The average molecular weight is 466 g/mol. The van der Waals surface area contributed by atoms with Gasteiger partial charge in [0.25, 0.3) is 0 Å². The number of nitrogens with zero attached hydrogens (tertiary/aromatic N) is 3. The van der Waals surface area contributed by atoms with Gasteiger partial charge in [0, 0.05) is 0 Å². The van der Waals surface area contributed by atoms with Crippen molar-refractivity contribution in [1.29, 1.82) is 0 Å². The highest BCUT2D eigenvalue weighted by Crippen LogP contribution is 2.40. The molecule has 4 N–H and O–H groups in total. The molecular weight excluding hydrogens is 436 g/mol. The van der Waals surface area contributed by atoms with E-state index in [0.717, 1.165) is 0 Å². The lowest BCUT2D eigenvalue weighted by Gasteiger charge is -2.28. The van der Waals surface area contributed by atoms with E-state index in [9.17, 15) is 19.8 Å². The molecule has 3 rings (SSSR count). The van der Waals surface area contributed by atoms with Crippen LogP contribution in [-0.4, -0.2) is 73.1 Å². The van der Waals surface area contributed by atoms with Gasteiger partial charge in [-0.05, 0) is 53.7 Å². The Morgan fingerprint density at radius 1 is 1.21 bits per heavy atom.